The van der Waals surface area contributed by atoms with Gasteiger partial charge in [-0.15, -0.1) is 0 Å². The molecular weight excluding hydrogens is 136 g/mol. The van der Waals surface area contributed by atoms with Crippen molar-refractivity contribution in [3.63, 3.8) is 0 Å². The van der Waals surface area contributed by atoms with Gasteiger partial charge < -0.3 is 0 Å². The molecule has 0 aromatic carbocycles. The van der Waals surface area contributed by atoms with Gasteiger partial charge in [0.25, 0.3) is 0 Å². The smallest absolute Gasteiger partial charge is 0.0949 e. The summed E-state index contributed by atoms with van der Waals surface area (Å²) in [5, 5.41) is 8.68. The summed E-state index contributed by atoms with van der Waals surface area (Å²) in [5.41, 5.74) is 0. The standard InChI is InChI=1S/C9H16N2/c1-3-11(8(2)6-10)7-9-4-5-9/h8-9H,3-5,7H2,1-2H3. The van der Waals surface area contributed by atoms with E-state index in [9.17, 15) is 0 Å². The second-order valence-corrected chi connectivity index (χ2v) is 3.34. The SMILES string of the molecule is CCN(CC1CC1)C(C)C#N. The lowest BCUT2D eigenvalue weighted by Gasteiger charge is -2.22. The summed E-state index contributed by atoms with van der Waals surface area (Å²) in [6.45, 7) is 6.23. The molecule has 2 heteroatoms. The Morgan fingerprint density at radius 1 is 1.64 bits per heavy atom. The van der Waals surface area contributed by atoms with E-state index >= 15 is 0 Å². The highest BCUT2D eigenvalue weighted by Gasteiger charge is 2.25. The first kappa shape index (κ1) is 8.55. The predicted molar refractivity (Wildman–Crippen MR) is 45.0 cm³/mol. The average Bonchev–Trinajstić information content (AvgIpc) is 2.82. The maximum atomic E-state index is 8.68. The van der Waals surface area contributed by atoms with E-state index in [0.29, 0.717) is 0 Å². The minimum atomic E-state index is 0.0978. The molecule has 0 amide bonds. The number of hydrogen-bond donors (Lipinski definition) is 0. The molecule has 1 unspecified atom stereocenters. The van der Waals surface area contributed by atoms with Crippen LogP contribution in [0.3, 0.4) is 0 Å². The van der Waals surface area contributed by atoms with Crippen molar-refractivity contribution in [2.75, 3.05) is 13.1 Å². The molecule has 0 N–H and O–H groups in total. The molecule has 1 atom stereocenters. The van der Waals surface area contributed by atoms with Crippen LogP contribution >= 0.6 is 0 Å². The average molecular weight is 152 g/mol. The molecule has 0 aliphatic heterocycles. The van der Waals surface area contributed by atoms with Crippen LogP contribution in [0.25, 0.3) is 0 Å². The van der Waals surface area contributed by atoms with Crippen molar-refractivity contribution in [1.82, 2.24) is 4.90 Å². The Morgan fingerprint density at radius 3 is 2.64 bits per heavy atom. The molecule has 1 aliphatic carbocycles. The van der Waals surface area contributed by atoms with Crippen LogP contribution in [-0.2, 0) is 0 Å². The normalized spacial score (nSPS) is 19.8. The molecule has 0 saturated heterocycles. The van der Waals surface area contributed by atoms with E-state index < -0.39 is 0 Å². The summed E-state index contributed by atoms with van der Waals surface area (Å²) in [6.07, 6.45) is 2.74. The van der Waals surface area contributed by atoms with Crippen molar-refractivity contribution < 1.29 is 0 Å². The number of nitriles is 1. The van der Waals surface area contributed by atoms with Gasteiger partial charge >= 0.3 is 0 Å². The summed E-state index contributed by atoms with van der Waals surface area (Å²) < 4.78 is 0. The molecule has 11 heavy (non-hydrogen) atoms. The van der Waals surface area contributed by atoms with Crippen LogP contribution < -0.4 is 0 Å². The van der Waals surface area contributed by atoms with Gasteiger partial charge in [-0.25, -0.2) is 0 Å². The first-order chi connectivity index (χ1) is 5.27. The quantitative estimate of drug-likeness (QED) is 0.612. The summed E-state index contributed by atoms with van der Waals surface area (Å²) >= 11 is 0. The van der Waals surface area contributed by atoms with Crippen LogP contribution in [0.5, 0.6) is 0 Å². The molecule has 1 aliphatic rings. The summed E-state index contributed by atoms with van der Waals surface area (Å²) in [5.74, 6) is 0.894. The molecule has 0 aromatic heterocycles. The molecule has 2 nitrogen and oxygen atoms in total. The van der Waals surface area contributed by atoms with Gasteiger partial charge in [-0.1, -0.05) is 6.92 Å². The van der Waals surface area contributed by atoms with E-state index in [0.717, 1.165) is 19.0 Å². The third-order valence-electron chi connectivity index (χ3n) is 2.33. The Labute approximate surface area is 68.8 Å². The van der Waals surface area contributed by atoms with Crippen molar-refractivity contribution in [3.05, 3.63) is 0 Å². The molecule has 0 bridgehead atoms. The number of rotatable bonds is 4. The number of hydrogen-bond acceptors (Lipinski definition) is 2. The Balaban J connectivity index is 2.29. The van der Waals surface area contributed by atoms with Gasteiger partial charge in [0, 0.05) is 6.54 Å². The molecule has 0 heterocycles. The van der Waals surface area contributed by atoms with Crippen LogP contribution in [0.15, 0.2) is 0 Å². The Bertz CT molecular complexity index is 155. The molecule has 62 valence electrons. The molecule has 0 radical (unpaired) electrons. The van der Waals surface area contributed by atoms with E-state index in [1.54, 1.807) is 0 Å². The zero-order valence-electron chi connectivity index (χ0n) is 7.38. The van der Waals surface area contributed by atoms with Crippen LogP contribution in [0, 0.1) is 17.2 Å². The summed E-state index contributed by atoms with van der Waals surface area (Å²) in [4.78, 5) is 2.25. The third kappa shape index (κ3) is 2.51. The van der Waals surface area contributed by atoms with Gasteiger partial charge in [0.2, 0.25) is 0 Å². The maximum absolute atomic E-state index is 8.68. The van der Waals surface area contributed by atoms with Gasteiger partial charge in [0.05, 0.1) is 12.1 Å². The fourth-order valence-electron chi connectivity index (χ4n) is 1.27. The van der Waals surface area contributed by atoms with Gasteiger partial charge in [-0.05, 0) is 32.2 Å². The molecule has 1 saturated carbocycles. The van der Waals surface area contributed by atoms with Crippen molar-refractivity contribution in [2.45, 2.75) is 32.7 Å². The van der Waals surface area contributed by atoms with Gasteiger partial charge in [0.15, 0.2) is 0 Å². The van der Waals surface area contributed by atoms with E-state index in [-0.39, 0.29) is 6.04 Å². The highest BCUT2D eigenvalue weighted by atomic mass is 15.1. The topological polar surface area (TPSA) is 27.0 Å². The zero-order valence-corrected chi connectivity index (χ0v) is 7.38. The fraction of sp³-hybridized carbons (Fsp3) is 0.889. The fourth-order valence-corrected chi connectivity index (χ4v) is 1.27. The maximum Gasteiger partial charge on any atom is 0.0949 e. The van der Waals surface area contributed by atoms with Crippen molar-refractivity contribution in [3.8, 4) is 6.07 Å². The van der Waals surface area contributed by atoms with Crippen LogP contribution in [-0.4, -0.2) is 24.0 Å². The van der Waals surface area contributed by atoms with E-state index in [2.05, 4.69) is 17.9 Å². The highest BCUT2D eigenvalue weighted by Crippen LogP contribution is 2.30. The lowest BCUT2D eigenvalue weighted by atomic mass is 10.2. The molecular formula is C9H16N2. The molecule has 0 aromatic rings. The number of nitrogens with zero attached hydrogens (tertiary/aromatic N) is 2. The van der Waals surface area contributed by atoms with Gasteiger partial charge in [-0.2, -0.15) is 5.26 Å². The van der Waals surface area contributed by atoms with Crippen molar-refractivity contribution >= 4 is 0 Å². The highest BCUT2D eigenvalue weighted by molar-refractivity contribution is 4.90. The van der Waals surface area contributed by atoms with Gasteiger partial charge in [0.1, 0.15) is 0 Å². The van der Waals surface area contributed by atoms with Crippen LogP contribution in [0.1, 0.15) is 26.7 Å². The van der Waals surface area contributed by atoms with Crippen LogP contribution in [0.2, 0.25) is 0 Å². The Hall–Kier alpha value is -0.550. The van der Waals surface area contributed by atoms with Crippen LogP contribution in [0.4, 0.5) is 0 Å². The largest absolute Gasteiger partial charge is 0.288 e. The second kappa shape index (κ2) is 3.73. The minimum Gasteiger partial charge on any atom is -0.288 e. The molecule has 1 rings (SSSR count). The third-order valence-corrected chi connectivity index (χ3v) is 2.33. The minimum absolute atomic E-state index is 0.0978. The van der Waals surface area contributed by atoms with E-state index in [1.807, 2.05) is 6.92 Å². The first-order valence-corrected chi connectivity index (χ1v) is 4.41. The molecule has 1 fully saturated rings. The second-order valence-electron chi connectivity index (χ2n) is 3.34. The van der Waals surface area contributed by atoms with E-state index in [4.69, 9.17) is 5.26 Å². The summed E-state index contributed by atoms with van der Waals surface area (Å²) in [6, 6.07) is 2.37. The Morgan fingerprint density at radius 2 is 2.27 bits per heavy atom. The van der Waals surface area contributed by atoms with E-state index in [1.165, 1.54) is 12.8 Å². The predicted octanol–water partition coefficient (Wildman–Crippen LogP) is 1.63. The van der Waals surface area contributed by atoms with Crippen molar-refractivity contribution in [1.29, 1.82) is 5.26 Å². The first-order valence-electron chi connectivity index (χ1n) is 4.41. The molecule has 0 spiro atoms. The van der Waals surface area contributed by atoms with Gasteiger partial charge in [-0.3, -0.25) is 4.90 Å². The summed E-state index contributed by atoms with van der Waals surface area (Å²) in [7, 11) is 0. The lowest BCUT2D eigenvalue weighted by Crippen LogP contribution is -2.33. The zero-order chi connectivity index (χ0) is 8.27. The van der Waals surface area contributed by atoms with Crippen molar-refractivity contribution in [2.24, 2.45) is 5.92 Å². The monoisotopic (exact) mass is 152 g/mol. The Kier molecular flexibility index (Phi) is 2.90. The lowest BCUT2D eigenvalue weighted by molar-refractivity contribution is 0.248.